The number of hydrogen-bond donors (Lipinski definition) is 0. The summed E-state index contributed by atoms with van der Waals surface area (Å²) in [6.45, 7) is 4.89. The van der Waals surface area contributed by atoms with Gasteiger partial charge in [-0.3, -0.25) is 9.69 Å². The zero-order valence-corrected chi connectivity index (χ0v) is 16.1. The van der Waals surface area contributed by atoms with E-state index in [9.17, 15) is 4.79 Å². The third kappa shape index (κ3) is 3.41. The Morgan fingerprint density at radius 3 is 2.42 bits per heavy atom. The fraction of sp³-hybridized carbons (Fsp3) is 0.435. The first-order valence-electron chi connectivity index (χ1n) is 9.68. The van der Waals surface area contributed by atoms with Crippen LogP contribution >= 0.6 is 0 Å². The van der Waals surface area contributed by atoms with Crippen LogP contribution in [0.3, 0.4) is 0 Å². The zero-order valence-electron chi connectivity index (χ0n) is 16.1. The molecule has 2 bridgehead atoms. The number of fused-ring (bicyclic) bond motifs is 2. The van der Waals surface area contributed by atoms with Gasteiger partial charge in [0.25, 0.3) is 0 Å². The molecule has 138 valence electrons. The van der Waals surface area contributed by atoms with Crippen molar-refractivity contribution in [1.29, 1.82) is 0 Å². The van der Waals surface area contributed by atoms with Crippen LogP contribution in [0.5, 0.6) is 5.75 Å². The predicted octanol–water partition coefficient (Wildman–Crippen LogP) is 4.94. The summed E-state index contributed by atoms with van der Waals surface area (Å²) in [6.07, 6.45) is 3.52. The topological polar surface area (TPSA) is 29.5 Å². The van der Waals surface area contributed by atoms with Gasteiger partial charge in [-0.05, 0) is 36.1 Å². The van der Waals surface area contributed by atoms with Crippen molar-refractivity contribution in [1.82, 2.24) is 4.90 Å². The van der Waals surface area contributed by atoms with Gasteiger partial charge in [-0.1, -0.05) is 56.3 Å². The van der Waals surface area contributed by atoms with Gasteiger partial charge in [0, 0.05) is 25.4 Å². The summed E-state index contributed by atoms with van der Waals surface area (Å²) in [5.41, 5.74) is 2.44. The van der Waals surface area contributed by atoms with E-state index in [1.54, 1.807) is 7.11 Å². The second-order valence-corrected chi connectivity index (χ2v) is 6.99. The summed E-state index contributed by atoms with van der Waals surface area (Å²) in [5, 5.41) is 0. The molecule has 0 saturated carbocycles. The average Bonchev–Trinajstić information content (AvgIpc) is 2.91. The Balaban J connectivity index is 0.000000948. The van der Waals surface area contributed by atoms with E-state index in [-0.39, 0.29) is 5.54 Å². The van der Waals surface area contributed by atoms with Crippen molar-refractivity contribution >= 4 is 5.78 Å². The predicted molar refractivity (Wildman–Crippen MR) is 105 cm³/mol. The first-order chi connectivity index (χ1) is 12.7. The van der Waals surface area contributed by atoms with Crippen LogP contribution in [0.4, 0.5) is 0 Å². The van der Waals surface area contributed by atoms with Gasteiger partial charge in [0.05, 0.1) is 12.6 Å². The van der Waals surface area contributed by atoms with E-state index in [0.717, 1.165) is 25.1 Å². The quantitative estimate of drug-likeness (QED) is 0.781. The molecule has 3 heteroatoms. The van der Waals surface area contributed by atoms with Crippen LogP contribution < -0.4 is 4.74 Å². The van der Waals surface area contributed by atoms with Crippen molar-refractivity contribution in [2.45, 2.75) is 57.7 Å². The normalized spacial score (nSPS) is 24.7. The zero-order chi connectivity index (χ0) is 18.6. The summed E-state index contributed by atoms with van der Waals surface area (Å²) < 4.78 is 5.26. The number of Topliss-reactive ketones (excluding diaryl/α,β-unsaturated/α-hetero) is 1. The first-order valence-corrected chi connectivity index (χ1v) is 9.68. The number of piperidine rings is 1. The lowest BCUT2D eigenvalue weighted by molar-refractivity contribution is -0.127. The van der Waals surface area contributed by atoms with Gasteiger partial charge in [0.2, 0.25) is 0 Å². The van der Waals surface area contributed by atoms with E-state index in [4.69, 9.17) is 4.74 Å². The minimum absolute atomic E-state index is 0.124. The summed E-state index contributed by atoms with van der Waals surface area (Å²) >= 11 is 0. The van der Waals surface area contributed by atoms with Crippen LogP contribution in [-0.4, -0.2) is 23.8 Å². The maximum Gasteiger partial charge on any atom is 0.136 e. The molecule has 2 aliphatic heterocycles. The number of methoxy groups -OCH3 is 1. The fourth-order valence-corrected chi connectivity index (χ4v) is 4.49. The summed E-state index contributed by atoms with van der Waals surface area (Å²) in [5.74, 6) is 1.29. The Kier molecular flexibility index (Phi) is 5.77. The molecule has 2 fully saturated rings. The van der Waals surface area contributed by atoms with Gasteiger partial charge in [-0.25, -0.2) is 0 Å². The minimum atomic E-state index is -0.124. The summed E-state index contributed by atoms with van der Waals surface area (Å²) in [7, 11) is 1.69. The Bertz CT molecular complexity index is 726. The van der Waals surface area contributed by atoms with Gasteiger partial charge in [0.1, 0.15) is 11.5 Å². The lowest BCUT2D eigenvalue weighted by atomic mass is 9.81. The first kappa shape index (κ1) is 18.7. The minimum Gasteiger partial charge on any atom is -0.497 e. The van der Waals surface area contributed by atoms with Crippen molar-refractivity contribution in [3.63, 3.8) is 0 Å². The molecule has 4 rings (SSSR count). The van der Waals surface area contributed by atoms with Gasteiger partial charge < -0.3 is 4.74 Å². The van der Waals surface area contributed by atoms with E-state index < -0.39 is 0 Å². The smallest absolute Gasteiger partial charge is 0.136 e. The van der Waals surface area contributed by atoms with E-state index in [2.05, 4.69) is 41.3 Å². The lowest BCUT2D eigenvalue weighted by Gasteiger charge is -2.44. The number of hydrogen-bond acceptors (Lipinski definition) is 3. The molecular formula is C23H29NO2. The fourth-order valence-electron chi connectivity index (χ4n) is 4.49. The standard InChI is InChI=1S/C21H23NO2.C2H6/c1-24-20-9-7-16(8-10-20)15-22-18-11-12-21(22,14-19(23)13-18)17-5-3-2-4-6-17;1-2/h2-10,18H,11-15H2,1H3;1-2H3. The maximum atomic E-state index is 12.3. The third-order valence-corrected chi connectivity index (χ3v) is 5.66. The number of benzene rings is 2. The molecule has 2 heterocycles. The Morgan fingerprint density at radius 2 is 1.77 bits per heavy atom. The molecule has 0 radical (unpaired) electrons. The highest BCUT2D eigenvalue weighted by molar-refractivity contribution is 5.82. The molecule has 26 heavy (non-hydrogen) atoms. The molecular weight excluding hydrogens is 322 g/mol. The molecule has 3 nitrogen and oxygen atoms in total. The highest BCUT2D eigenvalue weighted by Crippen LogP contribution is 2.50. The van der Waals surface area contributed by atoms with Gasteiger partial charge in [-0.15, -0.1) is 0 Å². The second kappa shape index (κ2) is 8.05. The second-order valence-electron chi connectivity index (χ2n) is 6.99. The average molecular weight is 351 g/mol. The molecule has 0 aromatic heterocycles. The highest BCUT2D eigenvalue weighted by atomic mass is 16.5. The number of carbonyl (C=O) groups is 1. The summed E-state index contributed by atoms with van der Waals surface area (Å²) in [4.78, 5) is 14.9. The molecule has 2 saturated heterocycles. The van der Waals surface area contributed by atoms with Crippen molar-refractivity contribution in [3.05, 3.63) is 65.7 Å². The number of ether oxygens (including phenoxy) is 1. The largest absolute Gasteiger partial charge is 0.497 e. The Morgan fingerprint density at radius 1 is 1.08 bits per heavy atom. The maximum absolute atomic E-state index is 12.3. The molecule has 2 aliphatic rings. The highest BCUT2D eigenvalue weighted by Gasteiger charge is 2.52. The lowest BCUT2D eigenvalue weighted by Crippen LogP contribution is -2.50. The molecule has 0 N–H and O–H groups in total. The van der Waals surface area contributed by atoms with Gasteiger partial charge in [-0.2, -0.15) is 0 Å². The Hall–Kier alpha value is -2.13. The van der Waals surface area contributed by atoms with Crippen molar-refractivity contribution in [2.75, 3.05) is 7.11 Å². The molecule has 2 aromatic rings. The Labute approximate surface area is 157 Å². The monoisotopic (exact) mass is 351 g/mol. The van der Waals surface area contributed by atoms with Crippen LogP contribution in [-0.2, 0) is 16.9 Å². The molecule has 0 amide bonds. The molecule has 2 atom stereocenters. The van der Waals surface area contributed by atoms with E-state index in [0.29, 0.717) is 24.7 Å². The summed E-state index contributed by atoms with van der Waals surface area (Å²) in [6, 6.07) is 19.2. The van der Waals surface area contributed by atoms with Crippen LogP contribution in [0.1, 0.15) is 50.7 Å². The number of rotatable bonds is 4. The van der Waals surface area contributed by atoms with Gasteiger partial charge in [0.15, 0.2) is 0 Å². The molecule has 0 aliphatic carbocycles. The van der Waals surface area contributed by atoms with Crippen molar-refractivity contribution < 1.29 is 9.53 Å². The van der Waals surface area contributed by atoms with E-state index in [1.807, 2.05) is 32.0 Å². The third-order valence-electron chi connectivity index (χ3n) is 5.66. The van der Waals surface area contributed by atoms with Crippen LogP contribution in [0.2, 0.25) is 0 Å². The van der Waals surface area contributed by atoms with Crippen molar-refractivity contribution in [3.8, 4) is 5.75 Å². The number of nitrogens with zero attached hydrogens (tertiary/aromatic N) is 1. The van der Waals surface area contributed by atoms with E-state index in [1.165, 1.54) is 11.1 Å². The van der Waals surface area contributed by atoms with E-state index >= 15 is 0 Å². The molecule has 2 unspecified atom stereocenters. The van der Waals surface area contributed by atoms with Gasteiger partial charge >= 0.3 is 0 Å². The van der Waals surface area contributed by atoms with Crippen LogP contribution in [0, 0.1) is 0 Å². The molecule has 0 spiro atoms. The number of carbonyl (C=O) groups excluding carboxylic acids is 1. The SMILES string of the molecule is CC.COc1ccc(CN2C3CCC2(c2ccccc2)CC(=O)C3)cc1. The van der Waals surface area contributed by atoms with Crippen molar-refractivity contribution in [2.24, 2.45) is 0 Å². The van der Waals surface area contributed by atoms with Crippen LogP contribution in [0.15, 0.2) is 54.6 Å². The molecule has 2 aromatic carbocycles. The number of ketones is 1. The van der Waals surface area contributed by atoms with Crippen LogP contribution in [0.25, 0.3) is 0 Å².